The van der Waals surface area contributed by atoms with Gasteiger partial charge in [0.15, 0.2) is 6.29 Å². The molecule has 0 radical (unpaired) electrons. The summed E-state index contributed by atoms with van der Waals surface area (Å²) in [6.07, 6.45) is 6.59. The minimum Gasteiger partial charge on any atom is -0.368 e. The van der Waals surface area contributed by atoms with Crippen LogP contribution in [0.1, 0.15) is 28.5 Å². The van der Waals surface area contributed by atoms with E-state index in [-0.39, 0.29) is 17.3 Å². The van der Waals surface area contributed by atoms with E-state index in [1.807, 2.05) is 27.9 Å². The van der Waals surface area contributed by atoms with Crippen LogP contribution in [0.3, 0.4) is 0 Å². The molecular weight excluding hydrogens is 320 g/mol. The second-order valence-electron chi connectivity index (χ2n) is 5.94. The predicted octanol–water partition coefficient (Wildman–Crippen LogP) is 1.26. The maximum absolute atomic E-state index is 12.3. The van der Waals surface area contributed by atoms with Gasteiger partial charge < -0.3 is 9.88 Å². The Morgan fingerprint density at radius 1 is 1.44 bits per heavy atom. The van der Waals surface area contributed by atoms with E-state index in [2.05, 4.69) is 15.1 Å². The zero-order valence-electron chi connectivity index (χ0n) is 13.2. The number of rotatable bonds is 3. The molecule has 1 aliphatic heterocycles. The van der Waals surface area contributed by atoms with Crippen LogP contribution in [0.15, 0.2) is 35.5 Å². The lowest BCUT2D eigenvalue weighted by Crippen LogP contribution is -2.25. The van der Waals surface area contributed by atoms with Crippen LogP contribution in [-0.4, -0.2) is 39.1 Å². The molecule has 1 unspecified atom stereocenters. The Morgan fingerprint density at radius 2 is 2.32 bits per heavy atom. The maximum atomic E-state index is 12.3. The van der Waals surface area contributed by atoms with Crippen molar-refractivity contribution in [3.8, 4) is 6.07 Å². The number of nitrogens with one attached hydrogen (secondary N) is 1. The summed E-state index contributed by atoms with van der Waals surface area (Å²) in [5.74, 6) is 0. The molecule has 0 saturated carbocycles. The largest absolute Gasteiger partial charge is 0.368 e. The fourth-order valence-electron chi connectivity index (χ4n) is 3.35. The number of fused-ring (bicyclic) bond motifs is 1. The highest BCUT2D eigenvalue weighted by Crippen LogP contribution is 2.33. The number of nitrogens with zero attached hydrogens (tertiary/aromatic N) is 5. The molecule has 1 atom stereocenters. The van der Waals surface area contributed by atoms with E-state index in [0.717, 1.165) is 6.42 Å². The molecule has 1 fully saturated rings. The quantitative estimate of drug-likeness (QED) is 0.722. The number of hydrogen-bond donors (Lipinski definition) is 1. The van der Waals surface area contributed by atoms with Crippen LogP contribution in [0, 0.1) is 11.3 Å². The van der Waals surface area contributed by atoms with Crippen LogP contribution in [-0.2, 0) is 0 Å². The van der Waals surface area contributed by atoms with Gasteiger partial charge >= 0.3 is 0 Å². The molecule has 1 N–H and O–H groups in total. The standard InChI is InChI=1S/C17H14N6O2/c18-7-14-16(22-5-2-12(9-22)23-4-1-3-20-23)13-6-11(10-24)19-8-15(13)21-17(14)25/h1,3-4,6,8,10,12H,2,5,9H2,(H,21,25). The minimum atomic E-state index is -0.451. The first-order valence-corrected chi connectivity index (χ1v) is 7.86. The lowest BCUT2D eigenvalue weighted by Gasteiger charge is -2.21. The SMILES string of the molecule is N#Cc1c(N2CCC(n3cccn3)C2)c2cc(C=O)ncc2[nH]c1=O. The van der Waals surface area contributed by atoms with Crippen molar-refractivity contribution < 1.29 is 4.79 Å². The number of aromatic amines is 1. The number of nitriles is 1. The van der Waals surface area contributed by atoms with Gasteiger partial charge in [0.1, 0.15) is 17.3 Å². The van der Waals surface area contributed by atoms with Gasteiger partial charge in [0.2, 0.25) is 0 Å². The number of hydrogen-bond acceptors (Lipinski definition) is 6. The van der Waals surface area contributed by atoms with Crippen molar-refractivity contribution in [2.24, 2.45) is 0 Å². The monoisotopic (exact) mass is 334 g/mol. The molecule has 3 aromatic rings. The van der Waals surface area contributed by atoms with Crippen LogP contribution >= 0.6 is 0 Å². The number of carbonyl (C=O) groups is 1. The Balaban J connectivity index is 1.86. The van der Waals surface area contributed by atoms with Crippen molar-refractivity contribution in [2.45, 2.75) is 12.5 Å². The fourth-order valence-corrected chi connectivity index (χ4v) is 3.35. The Kier molecular flexibility index (Phi) is 3.54. The molecule has 1 aliphatic rings. The number of aromatic nitrogens is 4. The molecular formula is C17H14N6O2. The molecule has 8 heteroatoms. The highest BCUT2D eigenvalue weighted by molar-refractivity contribution is 5.96. The van der Waals surface area contributed by atoms with E-state index in [1.165, 1.54) is 6.20 Å². The van der Waals surface area contributed by atoms with Gasteiger partial charge in [0.05, 0.1) is 23.4 Å². The maximum Gasteiger partial charge on any atom is 0.268 e. The highest BCUT2D eigenvalue weighted by atomic mass is 16.1. The molecule has 0 spiro atoms. The van der Waals surface area contributed by atoms with Gasteiger partial charge in [-0.2, -0.15) is 10.4 Å². The second kappa shape index (κ2) is 5.87. The summed E-state index contributed by atoms with van der Waals surface area (Å²) >= 11 is 0. The molecule has 124 valence electrons. The average molecular weight is 334 g/mol. The third kappa shape index (κ3) is 2.46. The van der Waals surface area contributed by atoms with Crippen LogP contribution in [0.5, 0.6) is 0 Å². The fraction of sp³-hybridized carbons (Fsp3) is 0.235. The van der Waals surface area contributed by atoms with E-state index in [4.69, 9.17) is 0 Å². The third-order valence-electron chi connectivity index (χ3n) is 4.50. The van der Waals surface area contributed by atoms with Crippen LogP contribution in [0.25, 0.3) is 10.9 Å². The Hall–Kier alpha value is -3.47. The van der Waals surface area contributed by atoms with Crippen molar-refractivity contribution >= 4 is 22.9 Å². The van der Waals surface area contributed by atoms with Crippen molar-refractivity contribution in [1.82, 2.24) is 19.7 Å². The Labute approximate surface area is 142 Å². The molecule has 0 amide bonds. The van der Waals surface area contributed by atoms with Gasteiger partial charge in [-0.05, 0) is 18.6 Å². The van der Waals surface area contributed by atoms with Gasteiger partial charge in [-0.3, -0.25) is 19.3 Å². The first-order chi connectivity index (χ1) is 12.2. The van der Waals surface area contributed by atoms with Gasteiger partial charge in [0, 0.05) is 30.9 Å². The molecule has 8 nitrogen and oxygen atoms in total. The smallest absolute Gasteiger partial charge is 0.268 e. The molecule has 0 bridgehead atoms. The number of anilines is 1. The average Bonchev–Trinajstić information content (AvgIpc) is 3.31. The van der Waals surface area contributed by atoms with Gasteiger partial charge in [0.25, 0.3) is 5.56 Å². The molecule has 4 heterocycles. The van der Waals surface area contributed by atoms with Crippen LogP contribution in [0.4, 0.5) is 5.69 Å². The van der Waals surface area contributed by atoms with E-state index in [1.54, 1.807) is 12.3 Å². The minimum absolute atomic E-state index is 0.0525. The summed E-state index contributed by atoms with van der Waals surface area (Å²) in [6.45, 7) is 1.32. The Morgan fingerprint density at radius 3 is 3.04 bits per heavy atom. The van der Waals surface area contributed by atoms with Crippen LogP contribution < -0.4 is 10.5 Å². The van der Waals surface area contributed by atoms with E-state index in [0.29, 0.717) is 36.0 Å². The summed E-state index contributed by atoms with van der Waals surface area (Å²) in [6, 6.07) is 5.65. The molecule has 0 aliphatic carbocycles. The van der Waals surface area contributed by atoms with E-state index < -0.39 is 5.56 Å². The topological polar surface area (TPSA) is 108 Å². The zero-order chi connectivity index (χ0) is 17.4. The number of H-pyrrole nitrogens is 1. The van der Waals surface area contributed by atoms with Crippen molar-refractivity contribution in [3.63, 3.8) is 0 Å². The van der Waals surface area contributed by atoms with Gasteiger partial charge in [-0.15, -0.1) is 0 Å². The zero-order valence-corrected chi connectivity index (χ0v) is 13.2. The molecule has 25 heavy (non-hydrogen) atoms. The van der Waals surface area contributed by atoms with E-state index in [9.17, 15) is 14.9 Å². The molecule has 3 aromatic heterocycles. The van der Waals surface area contributed by atoms with Gasteiger partial charge in [-0.25, -0.2) is 0 Å². The number of pyridine rings is 2. The second-order valence-corrected chi connectivity index (χ2v) is 5.94. The Bertz CT molecular complexity index is 1050. The van der Waals surface area contributed by atoms with Gasteiger partial charge in [-0.1, -0.05) is 0 Å². The van der Waals surface area contributed by atoms with Crippen molar-refractivity contribution in [2.75, 3.05) is 18.0 Å². The summed E-state index contributed by atoms with van der Waals surface area (Å²) in [7, 11) is 0. The molecule has 1 saturated heterocycles. The predicted molar refractivity (Wildman–Crippen MR) is 90.6 cm³/mol. The third-order valence-corrected chi connectivity index (χ3v) is 4.50. The van der Waals surface area contributed by atoms with Crippen molar-refractivity contribution in [1.29, 1.82) is 5.26 Å². The summed E-state index contributed by atoms with van der Waals surface area (Å²) in [5, 5.41) is 14.4. The summed E-state index contributed by atoms with van der Waals surface area (Å²) in [5.41, 5.74) is 0.922. The summed E-state index contributed by atoms with van der Waals surface area (Å²) in [4.78, 5) is 32.0. The lowest BCUT2D eigenvalue weighted by atomic mass is 10.1. The summed E-state index contributed by atoms with van der Waals surface area (Å²) < 4.78 is 1.89. The first kappa shape index (κ1) is 15.1. The van der Waals surface area contributed by atoms with E-state index >= 15 is 0 Å². The normalized spacial score (nSPS) is 16.9. The molecule has 4 rings (SSSR count). The van der Waals surface area contributed by atoms with Crippen LogP contribution in [0.2, 0.25) is 0 Å². The lowest BCUT2D eigenvalue weighted by molar-refractivity contribution is 0.111. The van der Waals surface area contributed by atoms with Crippen molar-refractivity contribution in [3.05, 3.63) is 52.3 Å². The number of carbonyl (C=O) groups excluding carboxylic acids is 1. The number of aldehydes is 1. The molecule has 0 aromatic carbocycles. The first-order valence-electron chi connectivity index (χ1n) is 7.86. The highest BCUT2D eigenvalue weighted by Gasteiger charge is 2.28.